The fraction of sp³-hybridized carbons (Fsp3) is 0.333. The molecule has 2 rings (SSSR count). The molecular weight excluding hydrogens is 172 g/mol. The lowest BCUT2D eigenvalue weighted by Crippen LogP contribution is -2.01. The van der Waals surface area contributed by atoms with Crippen LogP contribution in [-0.2, 0) is 0 Å². The number of nitrogens with one attached hydrogen (secondary N) is 1. The van der Waals surface area contributed by atoms with Crippen molar-refractivity contribution >= 4 is 23.0 Å². The van der Waals surface area contributed by atoms with E-state index in [4.69, 9.17) is 17.3 Å². The molecule has 0 aliphatic heterocycles. The van der Waals surface area contributed by atoms with Gasteiger partial charge in [0.05, 0.1) is 10.7 Å². The first kappa shape index (κ1) is 7.74. The summed E-state index contributed by atoms with van der Waals surface area (Å²) in [6.45, 7) is 0. The van der Waals surface area contributed by atoms with Gasteiger partial charge in [-0.1, -0.05) is 11.6 Å². The molecular formula is C9H11ClN2. The number of nitrogens with two attached hydrogens (primary N) is 1. The Hall–Kier alpha value is -0.890. The van der Waals surface area contributed by atoms with Crippen LogP contribution in [0.4, 0.5) is 11.4 Å². The van der Waals surface area contributed by atoms with Gasteiger partial charge in [-0.3, -0.25) is 0 Å². The van der Waals surface area contributed by atoms with E-state index in [0.717, 1.165) is 5.69 Å². The number of benzene rings is 1. The average Bonchev–Trinajstić information content (AvgIpc) is 2.81. The topological polar surface area (TPSA) is 38.0 Å². The average molecular weight is 183 g/mol. The van der Waals surface area contributed by atoms with Crippen LogP contribution in [0.5, 0.6) is 0 Å². The minimum absolute atomic E-state index is 0.622. The van der Waals surface area contributed by atoms with Gasteiger partial charge < -0.3 is 11.1 Å². The summed E-state index contributed by atoms with van der Waals surface area (Å²) >= 11 is 5.78. The Balaban J connectivity index is 2.15. The Bertz CT molecular complexity index is 295. The first-order chi connectivity index (χ1) is 5.75. The molecule has 2 nitrogen and oxygen atoms in total. The van der Waals surface area contributed by atoms with Crippen molar-refractivity contribution in [2.24, 2.45) is 0 Å². The summed E-state index contributed by atoms with van der Waals surface area (Å²) in [6.07, 6.45) is 2.53. The van der Waals surface area contributed by atoms with E-state index >= 15 is 0 Å². The Labute approximate surface area is 76.7 Å². The summed E-state index contributed by atoms with van der Waals surface area (Å²) < 4.78 is 0. The van der Waals surface area contributed by atoms with Crippen molar-refractivity contribution in [2.45, 2.75) is 18.9 Å². The Morgan fingerprint density at radius 3 is 2.75 bits per heavy atom. The molecule has 0 saturated heterocycles. The Kier molecular flexibility index (Phi) is 1.85. The van der Waals surface area contributed by atoms with Gasteiger partial charge in [0.25, 0.3) is 0 Å². The zero-order valence-electron chi connectivity index (χ0n) is 6.68. The van der Waals surface area contributed by atoms with E-state index in [1.165, 1.54) is 12.8 Å². The van der Waals surface area contributed by atoms with E-state index in [0.29, 0.717) is 16.8 Å². The lowest BCUT2D eigenvalue weighted by atomic mass is 10.3. The molecule has 3 heteroatoms. The third kappa shape index (κ3) is 1.64. The van der Waals surface area contributed by atoms with Crippen molar-refractivity contribution < 1.29 is 0 Å². The lowest BCUT2D eigenvalue weighted by molar-refractivity contribution is 1.16. The Morgan fingerprint density at radius 2 is 2.17 bits per heavy atom. The molecule has 64 valence electrons. The van der Waals surface area contributed by atoms with Gasteiger partial charge in [0.2, 0.25) is 0 Å². The molecule has 0 unspecified atom stereocenters. The molecule has 1 aliphatic carbocycles. The fourth-order valence-electron chi connectivity index (χ4n) is 1.10. The molecule has 12 heavy (non-hydrogen) atoms. The summed E-state index contributed by atoms with van der Waals surface area (Å²) in [7, 11) is 0. The second-order valence-corrected chi connectivity index (χ2v) is 3.56. The summed E-state index contributed by atoms with van der Waals surface area (Å²) in [5.41, 5.74) is 7.35. The van der Waals surface area contributed by atoms with Gasteiger partial charge in [-0.15, -0.1) is 0 Å². The van der Waals surface area contributed by atoms with Crippen molar-refractivity contribution in [3.63, 3.8) is 0 Å². The number of rotatable bonds is 2. The lowest BCUT2D eigenvalue weighted by Gasteiger charge is -2.05. The molecule has 1 aromatic carbocycles. The highest BCUT2D eigenvalue weighted by Crippen LogP contribution is 2.28. The van der Waals surface area contributed by atoms with Crippen LogP contribution in [0.25, 0.3) is 0 Å². The van der Waals surface area contributed by atoms with Crippen LogP contribution >= 0.6 is 11.6 Å². The van der Waals surface area contributed by atoms with E-state index in [-0.39, 0.29) is 0 Å². The SMILES string of the molecule is Nc1cc(NC2CC2)ccc1Cl. The smallest absolute Gasteiger partial charge is 0.0636 e. The van der Waals surface area contributed by atoms with Gasteiger partial charge in [-0.2, -0.15) is 0 Å². The van der Waals surface area contributed by atoms with Crippen molar-refractivity contribution in [3.8, 4) is 0 Å². The zero-order chi connectivity index (χ0) is 8.55. The maximum atomic E-state index is 5.78. The van der Waals surface area contributed by atoms with E-state index in [1.807, 2.05) is 18.2 Å². The van der Waals surface area contributed by atoms with Gasteiger partial charge in [-0.05, 0) is 31.0 Å². The van der Waals surface area contributed by atoms with Gasteiger partial charge in [0.15, 0.2) is 0 Å². The molecule has 0 amide bonds. The van der Waals surface area contributed by atoms with Crippen LogP contribution in [0, 0.1) is 0 Å². The molecule has 1 aromatic rings. The second kappa shape index (κ2) is 2.87. The largest absolute Gasteiger partial charge is 0.397 e. The summed E-state index contributed by atoms with van der Waals surface area (Å²) in [4.78, 5) is 0. The van der Waals surface area contributed by atoms with Crippen molar-refractivity contribution in [3.05, 3.63) is 23.2 Å². The highest BCUT2D eigenvalue weighted by atomic mass is 35.5. The molecule has 0 bridgehead atoms. The molecule has 0 radical (unpaired) electrons. The first-order valence-corrected chi connectivity index (χ1v) is 4.45. The van der Waals surface area contributed by atoms with E-state index in [1.54, 1.807) is 0 Å². The minimum atomic E-state index is 0.622. The summed E-state index contributed by atoms with van der Waals surface area (Å²) in [6, 6.07) is 6.31. The fourth-order valence-corrected chi connectivity index (χ4v) is 1.21. The number of halogens is 1. The first-order valence-electron chi connectivity index (χ1n) is 4.07. The monoisotopic (exact) mass is 182 g/mol. The van der Waals surface area contributed by atoms with Gasteiger partial charge >= 0.3 is 0 Å². The molecule has 0 spiro atoms. The van der Waals surface area contributed by atoms with Crippen molar-refractivity contribution in [1.29, 1.82) is 0 Å². The molecule has 0 atom stereocenters. The predicted octanol–water partition coefficient (Wildman–Crippen LogP) is 2.50. The van der Waals surface area contributed by atoms with Crippen LogP contribution in [0.1, 0.15) is 12.8 Å². The zero-order valence-corrected chi connectivity index (χ0v) is 7.43. The normalized spacial score (nSPS) is 16.1. The molecule has 1 aliphatic rings. The maximum absolute atomic E-state index is 5.78. The molecule has 0 aromatic heterocycles. The highest BCUT2D eigenvalue weighted by Gasteiger charge is 2.20. The minimum Gasteiger partial charge on any atom is -0.397 e. The van der Waals surface area contributed by atoms with Crippen LogP contribution < -0.4 is 11.1 Å². The third-order valence-electron chi connectivity index (χ3n) is 1.94. The van der Waals surface area contributed by atoms with Crippen LogP contribution in [0.2, 0.25) is 5.02 Å². The third-order valence-corrected chi connectivity index (χ3v) is 2.29. The molecule has 1 saturated carbocycles. The van der Waals surface area contributed by atoms with Crippen LogP contribution in [0.15, 0.2) is 18.2 Å². The highest BCUT2D eigenvalue weighted by molar-refractivity contribution is 6.33. The quantitative estimate of drug-likeness (QED) is 0.690. The van der Waals surface area contributed by atoms with Crippen LogP contribution in [-0.4, -0.2) is 6.04 Å². The number of hydrogen-bond donors (Lipinski definition) is 2. The van der Waals surface area contributed by atoms with E-state index in [2.05, 4.69) is 5.32 Å². The standard InChI is InChI=1S/C9H11ClN2/c10-8-4-3-7(5-9(8)11)12-6-1-2-6/h3-6,12H,1-2,11H2. The van der Waals surface area contributed by atoms with Crippen molar-refractivity contribution in [2.75, 3.05) is 11.1 Å². The number of anilines is 2. The van der Waals surface area contributed by atoms with E-state index < -0.39 is 0 Å². The number of hydrogen-bond acceptors (Lipinski definition) is 2. The summed E-state index contributed by atoms with van der Waals surface area (Å²) in [5, 5.41) is 3.97. The van der Waals surface area contributed by atoms with Gasteiger partial charge in [0, 0.05) is 11.7 Å². The number of nitrogen functional groups attached to an aromatic ring is 1. The second-order valence-electron chi connectivity index (χ2n) is 3.15. The maximum Gasteiger partial charge on any atom is 0.0636 e. The van der Waals surface area contributed by atoms with Gasteiger partial charge in [0.1, 0.15) is 0 Å². The van der Waals surface area contributed by atoms with E-state index in [9.17, 15) is 0 Å². The Morgan fingerprint density at radius 1 is 1.42 bits per heavy atom. The van der Waals surface area contributed by atoms with Crippen molar-refractivity contribution in [1.82, 2.24) is 0 Å². The summed E-state index contributed by atoms with van der Waals surface area (Å²) in [5.74, 6) is 0. The molecule has 0 heterocycles. The molecule has 3 N–H and O–H groups in total. The van der Waals surface area contributed by atoms with Crippen LogP contribution in [0.3, 0.4) is 0 Å². The predicted molar refractivity (Wildman–Crippen MR) is 52.5 cm³/mol. The van der Waals surface area contributed by atoms with Gasteiger partial charge in [-0.25, -0.2) is 0 Å². The molecule has 1 fully saturated rings.